The molecule has 0 saturated carbocycles. The molecule has 1 rings (SSSR count). The number of amides is 1. The summed E-state index contributed by atoms with van der Waals surface area (Å²) in [5, 5.41) is 9.36. The minimum absolute atomic E-state index is 0.0491. The molecule has 1 aromatic carbocycles. The molecule has 0 radical (unpaired) electrons. The Morgan fingerprint density at radius 3 is 2.88 bits per heavy atom. The van der Waals surface area contributed by atoms with Crippen LogP contribution in [0.4, 0.5) is 5.69 Å². The fourth-order valence-corrected chi connectivity index (χ4v) is 1.52. The van der Waals surface area contributed by atoms with Crippen molar-refractivity contribution in [2.24, 2.45) is 0 Å². The minimum atomic E-state index is 0.0491. The van der Waals surface area contributed by atoms with Crippen LogP contribution in [0.3, 0.4) is 0 Å². The highest BCUT2D eigenvalue weighted by molar-refractivity contribution is 5.93. The van der Waals surface area contributed by atoms with Crippen LogP contribution in [0.15, 0.2) is 36.9 Å². The number of hydrogen-bond acceptors (Lipinski definition) is 2. The Morgan fingerprint density at radius 2 is 2.31 bits per heavy atom. The second-order valence-corrected chi connectivity index (χ2v) is 3.49. The predicted molar refractivity (Wildman–Crippen MR) is 65.6 cm³/mol. The van der Waals surface area contributed by atoms with Gasteiger partial charge in [0.05, 0.1) is 0 Å². The first kappa shape index (κ1) is 12.3. The first-order valence-electron chi connectivity index (χ1n) is 5.39. The van der Waals surface area contributed by atoms with Crippen molar-refractivity contribution in [2.45, 2.75) is 19.8 Å². The molecule has 0 spiro atoms. The number of rotatable bonds is 5. The van der Waals surface area contributed by atoms with E-state index in [-0.39, 0.29) is 11.7 Å². The lowest BCUT2D eigenvalue weighted by Crippen LogP contribution is -2.30. The SMILES string of the molecule is C=CCCC(=O)N(CC)c1cccc(O)c1. The number of benzene rings is 1. The van der Waals surface area contributed by atoms with Crippen LogP contribution in [0, 0.1) is 0 Å². The van der Waals surface area contributed by atoms with Gasteiger partial charge in [0.25, 0.3) is 0 Å². The van der Waals surface area contributed by atoms with Crippen molar-refractivity contribution >= 4 is 11.6 Å². The van der Waals surface area contributed by atoms with E-state index in [4.69, 9.17) is 0 Å². The van der Waals surface area contributed by atoms with Gasteiger partial charge in [0, 0.05) is 24.7 Å². The molecule has 0 atom stereocenters. The highest BCUT2D eigenvalue weighted by Crippen LogP contribution is 2.20. The van der Waals surface area contributed by atoms with Crippen LogP contribution in [0.5, 0.6) is 5.75 Å². The summed E-state index contributed by atoms with van der Waals surface area (Å²) in [6.45, 7) is 6.10. The van der Waals surface area contributed by atoms with E-state index in [1.165, 1.54) is 0 Å². The summed E-state index contributed by atoms with van der Waals surface area (Å²) in [6.07, 6.45) is 2.86. The maximum absolute atomic E-state index is 11.8. The van der Waals surface area contributed by atoms with Crippen molar-refractivity contribution in [2.75, 3.05) is 11.4 Å². The second kappa shape index (κ2) is 5.95. The molecule has 3 heteroatoms. The summed E-state index contributed by atoms with van der Waals surface area (Å²) >= 11 is 0. The van der Waals surface area contributed by atoms with Crippen molar-refractivity contribution in [1.29, 1.82) is 0 Å². The van der Waals surface area contributed by atoms with E-state index in [1.54, 1.807) is 29.2 Å². The van der Waals surface area contributed by atoms with Gasteiger partial charge in [-0.15, -0.1) is 6.58 Å². The Balaban J connectivity index is 2.81. The number of carbonyl (C=O) groups excluding carboxylic acids is 1. The molecule has 1 amide bonds. The molecular weight excluding hydrogens is 202 g/mol. The van der Waals surface area contributed by atoms with E-state index in [0.717, 1.165) is 5.69 Å². The largest absolute Gasteiger partial charge is 0.508 e. The molecule has 0 heterocycles. The molecule has 16 heavy (non-hydrogen) atoms. The number of hydrogen-bond donors (Lipinski definition) is 1. The van der Waals surface area contributed by atoms with Crippen LogP contribution in [0.1, 0.15) is 19.8 Å². The van der Waals surface area contributed by atoms with Crippen molar-refractivity contribution < 1.29 is 9.90 Å². The molecule has 0 saturated heterocycles. The molecule has 0 unspecified atom stereocenters. The van der Waals surface area contributed by atoms with E-state index < -0.39 is 0 Å². The van der Waals surface area contributed by atoms with E-state index in [1.807, 2.05) is 13.0 Å². The summed E-state index contributed by atoms with van der Waals surface area (Å²) in [6, 6.07) is 6.73. The molecule has 0 aliphatic heterocycles. The zero-order valence-corrected chi connectivity index (χ0v) is 9.52. The van der Waals surface area contributed by atoms with Crippen LogP contribution in [0.2, 0.25) is 0 Å². The Morgan fingerprint density at radius 1 is 1.56 bits per heavy atom. The highest BCUT2D eigenvalue weighted by atomic mass is 16.3. The lowest BCUT2D eigenvalue weighted by Gasteiger charge is -2.20. The predicted octanol–water partition coefficient (Wildman–Crippen LogP) is 2.71. The average Bonchev–Trinajstić information content (AvgIpc) is 2.27. The van der Waals surface area contributed by atoms with Crippen LogP contribution in [-0.4, -0.2) is 17.6 Å². The Hall–Kier alpha value is -1.77. The van der Waals surface area contributed by atoms with Gasteiger partial charge in [0.15, 0.2) is 0 Å². The van der Waals surface area contributed by atoms with E-state index in [2.05, 4.69) is 6.58 Å². The van der Waals surface area contributed by atoms with Crippen molar-refractivity contribution in [3.05, 3.63) is 36.9 Å². The van der Waals surface area contributed by atoms with Crippen LogP contribution in [-0.2, 0) is 4.79 Å². The average molecular weight is 219 g/mol. The molecule has 3 nitrogen and oxygen atoms in total. The summed E-state index contributed by atoms with van der Waals surface area (Å²) in [5.74, 6) is 0.223. The molecular formula is C13H17NO2. The van der Waals surface area contributed by atoms with Crippen LogP contribution in [0.25, 0.3) is 0 Å². The lowest BCUT2D eigenvalue weighted by molar-refractivity contribution is -0.118. The van der Waals surface area contributed by atoms with E-state index in [9.17, 15) is 9.90 Å². The molecule has 1 N–H and O–H groups in total. The molecule has 0 fully saturated rings. The third-order valence-corrected chi connectivity index (χ3v) is 2.32. The smallest absolute Gasteiger partial charge is 0.227 e. The summed E-state index contributed by atoms with van der Waals surface area (Å²) in [7, 11) is 0. The van der Waals surface area contributed by atoms with E-state index >= 15 is 0 Å². The summed E-state index contributed by atoms with van der Waals surface area (Å²) in [4.78, 5) is 13.5. The van der Waals surface area contributed by atoms with E-state index in [0.29, 0.717) is 19.4 Å². The Bertz CT molecular complexity index is 374. The van der Waals surface area contributed by atoms with Gasteiger partial charge in [-0.05, 0) is 25.5 Å². The number of nitrogens with zero attached hydrogens (tertiary/aromatic N) is 1. The highest BCUT2D eigenvalue weighted by Gasteiger charge is 2.12. The Labute approximate surface area is 96.0 Å². The van der Waals surface area contributed by atoms with Gasteiger partial charge in [-0.2, -0.15) is 0 Å². The Kier molecular flexibility index (Phi) is 4.58. The van der Waals surface area contributed by atoms with Gasteiger partial charge in [-0.1, -0.05) is 12.1 Å². The van der Waals surface area contributed by atoms with Crippen molar-refractivity contribution in [3.63, 3.8) is 0 Å². The zero-order valence-electron chi connectivity index (χ0n) is 9.52. The van der Waals surface area contributed by atoms with Crippen molar-refractivity contribution in [1.82, 2.24) is 0 Å². The third-order valence-electron chi connectivity index (χ3n) is 2.32. The first-order valence-corrected chi connectivity index (χ1v) is 5.39. The number of phenols is 1. The van der Waals surface area contributed by atoms with Gasteiger partial charge in [-0.3, -0.25) is 4.79 Å². The molecule has 1 aromatic rings. The number of allylic oxidation sites excluding steroid dienone is 1. The second-order valence-electron chi connectivity index (χ2n) is 3.49. The first-order chi connectivity index (χ1) is 7.69. The molecule has 86 valence electrons. The topological polar surface area (TPSA) is 40.5 Å². The number of aromatic hydroxyl groups is 1. The zero-order chi connectivity index (χ0) is 12.0. The van der Waals surface area contributed by atoms with Gasteiger partial charge in [0.2, 0.25) is 5.91 Å². The standard InChI is InChI=1S/C13H17NO2/c1-3-5-9-13(16)14(4-2)11-7-6-8-12(15)10-11/h3,6-8,10,15H,1,4-5,9H2,2H3. The summed E-state index contributed by atoms with van der Waals surface area (Å²) < 4.78 is 0. The molecule has 0 aliphatic carbocycles. The summed E-state index contributed by atoms with van der Waals surface area (Å²) in [5.41, 5.74) is 0.733. The van der Waals surface area contributed by atoms with Gasteiger partial charge >= 0.3 is 0 Å². The molecule has 0 bridgehead atoms. The lowest BCUT2D eigenvalue weighted by atomic mass is 10.2. The number of phenolic OH excluding ortho intramolecular Hbond substituents is 1. The fourth-order valence-electron chi connectivity index (χ4n) is 1.52. The number of carbonyl (C=O) groups is 1. The normalized spacial score (nSPS) is 9.81. The van der Waals surface area contributed by atoms with Gasteiger partial charge < -0.3 is 10.0 Å². The third kappa shape index (κ3) is 3.12. The monoisotopic (exact) mass is 219 g/mol. The maximum atomic E-state index is 11.8. The fraction of sp³-hybridized carbons (Fsp3) is 0.308. The maximum Gasteiger partial charge on any atom is 0.227 e. The number of anilines is 1. The minimum Gasteiger partial charge on any atom is -0.508 e. The quantitative estimate of drug-likeness (QED) is 0.773. The molecule has 0 aliphatic rings. The van der Waals surface area contributed by atoms with Gasteiger partial charge in [0.1, 0.15) is 5.75 Å². The van der Waals surface area contributed by atoms with Crippen LogP contribution >= 0.6 is 0 Å². The van der Waals surface area contributed by atoms with Crippen LogP contribution < -0.4 is 4.90 Å². The molecule has 0 aromatic heterocycles. The van der Waals surface area contributed by atoms with Crippen molar-refractivity contribution in [3.8, 4) is 5.75 Å². The van der Waals surface area contributed by atoms with Gasteiger partial charge in [-0.25, -0.2) is 0 Å².